The molecule has 0 radical (unpaired) electrons. The van der Waals surface area contributed by atoms with Crippen molar-refractivity contribution in [2.24, 2.45) is 0 Å². The van der Waals surface area contributed by atoms with Crippen molar-refractivity contribution in [3.63, 3.8) is 0 Å². The van der Waals surface area contributed by atoms with Crippen LogP contribution < -0.4 is 9.46 Å². The number of sulfonamides is 1. The molecule has 1 N–H and O–H groups in total. The average Bonchev–Trinajstić information content (AvgIpc) is 2.94. The van der Waals surface area contributed by atoms with E-state index in [0.717, 1.165) is 10.7 Å². The molecule has 2 aromatic rings. The number of benzene rings is 1. The predicted octanol–water partition coefficient (Wildman–Crippen LogP) is 2.13. The topological polar surface area (TPSA) is 77.5 Å². The standard InChI is InChI=1S/C15H20N2O4S2/c1-11-8-13(21-3)4-5-14(11)23(18,19)16-7-6-12-10-22-15(17-12)9-20-2/h4-5,8,10,16H,6-7,9H2,1-3H3. The molecule has 0 aliphatic heterocycles. The Bertz CT molecular complexity index is 757. The number of hydrogen-bond donors (Lipinski definition) is 1. The summed E-state index contributed by atoms with van der Waals surface area (Å²) in [6.07, 6.45) is 0.536. The molecular weight excluding hydrogens is 336 g/mol. The van der Waals surface area contributed by atoms with Gasteiger partial charge in [-0.05, 0) is 30.7 Å². The number of hydrogen-bond acceptors (Lipinski definition) is 6. The van der Waals surface area contributed by atoms with Gasteiger partial charge in [-0.2, -0.15) is 0 Å². The molecule has 0 fully saturated rings. The Kier molecular flexibility index (Phi) is 6.11. The third kappa shape index (κ3) is 4.74. The van der Waals surface area contributed by atoms with E-state index in [-0.39, 0.29) is 4.90 Å². The Morgan fingerprint density at radius 2 is 2.09 bits per heavy atom. The molecule has 1 aromatic carbocycles. The highest BCUT2D eigenvalue weighted by Crippen LogP contribution is 2.20. The van der Waals surface area contributed by atoms with Gasteiger partial charge in [-0.1, -0.05) is 0 Å². The van der Waals surface area contributed by atoms with E-state index in [2.05, 4.69) is 9.71 Å². The van der Waals surface area contributed by atoms with E-state index >= 15 is 0 Å². The zero-order valence-corrected chi connectivity index (χ0v) is 15.0. The second-order valence-corrected chi connectivity index (χ2v) is 7.62. The summed E-state index contributed by atoms with van der Waals surface area (Å²) in [5.74, 6) is 0.634. The third-order valence-corrected chi connectivity index (χ3v) is 5.70. The summed E-state index contributed by atoms with van der Waals surface area (Å²) < 4.78 is 37.4. The van der Waals surface area contributed by atoms with Gasteiger partial charge in [-0.25, -0.2) is 18.1 Å². The highest BCUT2D eigenvalue weighted by atomic mass is 32.2. The molecule has 0 bridgehead atoms. The van der Waals surface area contributed by atoms with Crippen molar-refractivity contribution in [2.75, 3.05) is 20.8 Å². The first-order chi connectivity index (χ1) is 11.0. The van der Waals surface area contributed by atoms with Crippen molar-refractivity contribution in [1.82, 2.24) is 9.71 Å². The second-order valence-electron chi connectivity index (χ2n) is 4.94. The summed E-state index contributed by atoms with van der Waals surface area (Å²) in [5.41, 5.74) is 1.50. The van der Waals surface area contributed by atoms with Crippen molar-refractivity contribution in [3.8, 4) is 5.75 Å². The molecule has 0 spiro atoms. The lowest BCUT2D eigenvalue weighted by Crippen LogP contribution is -2.26. The van der Waals surface area contributed by atoms with Crippen LogP contribution in [0.2, 0.25) is 0 Å². The minimum Gasteiger partial charge on any atom is -0.497 e. The smallest absolute Gasteiger partial charge is 0.240 e. The van der Waals surface area contributed by atoms with E-state index in [4.69, 9.17) is 9.47 Å². The molecule has 23 heavy (non-hydrogen) atoms. The fourth-order valence-electron chi connectivity index (χ4n) is 2.10. The maximum atomic E-state index is 12.4. The quantitative estimate of drug-likeness (QED) is 0.784. The normalized spacial score (nSPS) is 11.6. The van der Waals surface area contributed by atoms with E-state index in [0.29, 0.717) is 30.9 Å². The van der Waals surface area contributed by atoms with Crippen LogP contribution >= 0.6 is 11.3 Å². The van der Waals surface area contributed by atoms with E-state index in [1.165, 1.54) is 11.3 Å². The number of aromatic nitrogens is 1. The number of nitrogens with one attached hydrogen (secondary N) is 1. The molecule has 1 aromatic heterocycles. The van der Waals surface area contributed by atoms with Gasteiger partial charge in [-0.3, -0.25) is 0 Å². The minimum atomic E-state index is -3.54. The molecule has 2 rings (SSSR count). The van der Waals surface area contributed by atoms with Gasteiger partial charge in [0.05, 0.1) is 24.3 Å². The van der Waals surface area contributed by atoms with Gasteiger partial charge in [-0.15, -0.1) is 11.3 Å². The summed E-state index contributed by atoms with van der Waals surface area (Å²) in [5, 5.41) is 2.80. The molecule has 0 amide bonds. The van der Waals surface area contributed by atoms with Crippen molar-refractivity contribution in [1.29, 1.82) is 0 Å². The summed E-state index contributed by atoms with van der Waals surface area (Å²) >= 11 is 1.51. The van der Waals surface area contributed by atoms with Crippen LogP contribution in [0.5, 0.6) is 5.75 Å². The number of nitrogens with zero attached hydrogens (tertiary/aromatic N) is 1. The largest absolute Gasteiger partial charge is 0.497 e. The summed E-state index contributed by atoms with van der Waals surface area (Å²) in [4.78, 5) is 4.64. The van der Waals surface area contributed by atoms with Gasteiger partial charge in [0.15, 0.2) is 0 Å². The molecule has 0 saturated heterocycles. The van der Waals surface area contributed by atoms with Crippen molar-refractivity contribution in [2.45, 2.75) is 24.8 Å². The van der Waals surface area contributed by atoms with Crippen LogP contribution in [0.25, 0.3) is 0 Å². The molecule has 8 heteroatoms. The zero-order valence-electron chi connectivity index (χ0n) is 13.3. The van der Waals surface area contributed by atoms with Gasteiger partial charge in [0.1, 0.15) is 10.8 Å². The third-order valence-electron chi connectivity index (χ3n) is 3.21. The molecule has 0 aliphatic carbocycles. The highest BCUT2D eigenvalue weighted by molar-refractivity contribution is 7.89. The van der Waals surface area contributed by atoms with E-state index in [9.17, 15) is 8.42 Å². The van der Waals surface area contributed by atoms with E-state index in [1.54, 1.807) is 39.3 Å². The SMILES string of the molecule is COCc1nc(CCNS(=O)(=O)c2ccc(OC)cc2C)cs1. The van der Waals surface area contributed by atoms with Gasteiger partial charge in [0.25, 0.3) is 0 Å². The summed E-state index contributed by atoms with van der Waals surface area (Å²) in [7, 11) is -0.378. The predicted molar refractivity (Wildman–Crippen MR) is 89.5 cm³/mol. The maximum Gasteiger partial charge on any atom is 0.240 e. The zero-order chi connectivity index (χ0) is 16.9. The number of ether oxygens (including phenoxy) is 2. The highest BCUT2D eigenvalue weighted by Gasteiger charge is 2.17. The van der Waals surface area contributed by atoms with Crippen LogP contribution in [-0.4, -0.2) is 34.2 Å². The van der Waals surface area contributed by atoms with E-state index < -0.39 is 10.0 Å². The molecule has 6 nitrogen and oxygen atoms in total. The average molecular weight is 356 g/mol. The van der Waals surface area contributed by atoms with Crippen LogP contribution in [0.4, 0.5) is 0 Å². The Morgan fingerprint density at radius 3 is 2.74 bits per heavy atom. The fraction of sp³-hybridized carbons (Fsp3) is 0.400. The Morgan fingerprint density at radius 1 is 1.30 bits per heavy atom. The molecule has 0 atom stereocenters. The van der Waals surface area contributed by atoms with Crippen molar-refractivity contribution < 1.29 is 17.9 Å². The lowest BCUT2D eigenvalue weighted by atomic mass is 10.2. The van der Waals surface area contributed by atoms with Crippen LogP contribution in [0.1, 0.15) is 16.3 Å². The Balaban J connectivity index is 1.98. The number of rotatable bonds is 8. The minimum absolute atomic E-state index is 0.261. The van der Waals surface area contributed by atoms with E-state index in [1.807, 2.05) is 5.38 Å². The Hall–Kier alpha value is -1.48. The van der Waals surface area contributed by atoms with Gasteiger partial charge < -0.3 is 9.47 Å². The molecule has 0 unspecified atom stereocenters. The molecule has 1 heterocycles. The first-order valence-electron chi connectivity index (χ1n) is 7.03. The second kappa shape index (κ2) is 7.87. The molecule has 126 valence electrons. The van der Waals surface area contributed by atoms with Gasteiger partial charge in [0, 0.05) is 25.5 Å². The summed E-state index contributed by atoms with van der Waals surface area (Å²) in [6, 6.07) is 4.89. The summed E-state index contributed by atoms with van der Waals surface area (Å²) in [6.45, 7) is 2.51. The molecule has 0 saturated carbocycles. The molecular formula is C15H20N2O4S2. The van der Waals surface area contributed by atoms with Crippen LogP contribution in [0, 0.1) is 6.92 Å². The molecule has 0 aliphatic rings. The maximum absolute atomic E-state index is 12.4. The van der Waals surface area contributed by atoms with Crippen LogP contribution in [-0.2, 0) is 27.8 Å². The Labute approximate surface area is 140 Å². The van der Waals surface area contributed by atoms with Crippen molar-refractivity contribution in [3.05, 3.63) is 39.8 Å². The first kappa shape index (κ1) is 17.9. The number of methoxy groups -OCH3 is 2. The lowest BCUT2D eigenvalue weighted by Gasteiger charge is -2.10. The number of thiazole rings is 1. The van der Waals surface area contributed by atoms with Crippen LogP contribution in [0.15, 0.2) is 28.5 Å². The van der Waals surface area contributed by atoms with Crippen LogP contribution in [0.3, 0.4) is 0 Å². The van der Waals surface area contributed by atoms with Gasteiger partial charge in [0.2, 0.25) is 10.0 Å². The first-order valence-corrected chi connectivity index (χ1v) is 9.39. The number of aryl methyl sites for hydroxylation is 1. The fourth-order valence-corrected chi connectivity index (χ4v) is 4.15. The van der Waals surface area contributed by atoms with Gasteiger partial charge >= 0.3 is 0 Å². The lowest BCUT2D eigenvalue weighted by molar-refractivity contribution is 0.184. The van der Waals surface area contributed by atoms with Crippen molar-refractivity contribution >= 4 is 21.4 Å². The monoisotopic (exact) mass is 356 g/mol.